The van der Waals surface area contributed by atoms with Crippen LogP contribution in [0.4, 0.5) is 0 Å². The van der Waals surface area contributed by atoms with Crippen molar-refractivity contribution in [2.45, 2.75) is 13.1 Å². The van der Waals surface area contributed by atoms with Crippen molar-refractivity contribution in [1.29, 1.82) is 0 Å². The van der Waals surface area contributed by atoms with E-state index in [2.05, 4.69) is 28.3 Å². The Kier molecular flexibility index (Phi) is 6.01. The average molecular weight is 404 g/mol. The van der Waals surface area contributed by atoms with Gasteiger partial charge in [-0.15, -0.1) is 5.10 Å². The van der Waals surface area contributed by atoms with Gasteiger partial charge in [-0.3, -0.25) is 9.48 Å². The Morgan fingerprint density at radius 1 is 1.21 bits per heavy atom. The van der Waals surface area contributed by atoms with Gasteiger partial charge >= 0.3 is 0 Å². The fourth-order valence-corrected chi connectivity index (χ4v) is 4.19. The molecule has 0 unspecified atom stereocenters. The lowest BCUT2D eigenvalue weighted by molar-refractivity contribution is 0.0766. The summed E-state index contributed by atoms with van der Waals surface area (Å²) in [7, 11) is 2.06. The Hall–Kier alpha value is -2.26. The summed E-state index contributed by atoms with van der Waals surface area (Å²) < 4.78 is 13.0. The van der Waals surface area contributed by atoms with Crippen molar-refractivity contribution >= 4 is 17.7 Å². The highest BCUT2D eigenvalue weighted by molar-refractivity contribution is 7.99. The van der Waals surface area contributed by atoms with Gasteiger partial charge in [0.15, 0.2) is 17.2 Å². The van der Waals surface area contributed by atoms with Crippen LogP contribution in [0.2, 0.25) is 0 Å². The summed E-state index contributed by atoms with van der Waals surface area (Å²) in [5.41, 5.74) is 1.60. The Balaban J connectivity index is 1.28. The maximum absolute atomic E-state index is 12.5. The van der Waals surface area contributed by atoms with E-state index in [1.165, 1.54) is 5.56 Å². The van der Waals surface area contributed by atoms with Crippen molar-refractivity contribution < 1.29 is 14.3 Å². The average Bonchev–Trinajstić information content (AvgIpc) is 3.21. The molecule has 150 valence electrons. The van der Waals surface area contributed by atoms with Gasteiger partial charge in [0.1, 0.15) is 13.2 Å². The van der Waals surface area contributed by atoms with Gasteiger partial charge in [-0.05, 0) is 24.7 Å². The molecule has 4 rings (SSSR count). The zero-order valence-corrected chi connectivity index (χ0v) is 16.9. The van der Waals surface area contributed by atoms with Gasteiger partial charge in [-0.2, -0.15) is 11.8 Å². The second-order valence-electron chi connectivity index (χ2n) is 6.99. The van der Waals surface area contributed by atoms with E-state index in [1.54, 1.807) is 10.9 Å². The number of nitrogens with zero attached hydrogens (tertiary/aromatic N) is 5. The smallest absolute Gasteiger partial charge is 0.276 e. The molecule has 8 nitrogen and oxygen atoms in total. The molecule has 0 saturated carbocycles. The lowest BCUT2D eigenvalue weighted by Crippen LogP contribution is -2.38. The molecule has 1 aromatic carbocycles. The molecule has 0 bridgehead atoms. The first-order valence-corrected chi connectivity index (χ1v) is 10.7. The topological polar surface area (TPSA) is 72.7 Å². The van der Waals surface area contributed by atoms with Crippen LogP contribution in [0.1, 0.15) is 16.1 Å². The standard InChI is InChI=1S/C19H25N5O3S/c1-22(13-15-2-3-17-18(12-15)27-9-8-26-17)4-5-24-14-16(20-21-24)19(25)23-6-10-28-11-7-23/h2-3,12,14H,4-11,13H2,1H3. The van der Waals surface area contributed by atoms with Gasteiger partial charge in [0.2, 0.25) is 0 Å². The first-order chi connectivity index (χ1) is 13.7. The predicted molar refractivity (Wildman–Crippen MR) is 107 cm³/mol. The Labute approximate surface area is 168 Å². The molecule has 28 heavy (non-hydrogen) atoms. The van der Waals surface area contributed by atoms with E-state index in [9.17, 15) is 4.79 Å². The van der Waals surface area contributed by atoms with E-state index in [1.807, 2.05) is 28.8 Å². The van der Waals surface area contributed by atoms with E-state index >= 15 is 0 Å². The molecule has 2 aliphatic heterocycles. The quantitative estimate of drug-likeness (QED) is 0.721. The second kappa shape index (κ2) is 8.83. The lowest BCUT2D eigenvalue weighted by atomic mass is 10.2. The molecule has 1 aromatic heterocycles. The number of hydrogen-bond donors (Lipinski definition) is 0. The van der Waals surface area contributed by atoms with Gasteiger partial charge in [0, 0.05) is 37.7 Å². The van der Waals surface area contributed by atoms with Gasteiger partial charge < -0.3 is 19.3 Å². The van der Waals surface area contributed by atoms with E-state index in [0.717, 1.165) is 49.2 Å². The number of aromatic nitrogens is 3. The molecule has 9 heteroatoms. The number of thioether (sulfide) groups is 1. The van der Waals surface area contributed by atoms with E-state index in [4.69, 9.17) is 9.47 Å². The summed E-state index contributed by atoms with van der Waals surface area (Å²) in [6.45, 7) is 5.04. The summed E-state index contributed by atoms with van der Waals surface area (Å²) in [6, 6.07) is 6.06. The highest BCUT2D eigenvalue weighted by Gasteiger charge is 2.21. The molecule has 0 atom stereocenters. The number of benzene rings is 1. The Morgan fingerprint density at radius 2 is 2.00 bits per heavy atom. The van der Waals surface area contributed by atoms with Crippen molar-refractivity contribution in [3.63, 3.8) is 0 Å². The van der Waals surface area contributed by atoms with Crippen LogP contribution in [0, 0.1) is 0 Å². The molecular formula is C19H25N5O3S. The first-order valence-electron chi connectivity index (χ1n) is 9.53. The SMILES string of the molecule is CN(CCn1cc(C(=O)N2CCSCC2)nn1)Cc1ccc2c(c1)OCCO2. The van der Waals surface area contributed by atoms with Gasteiger partial charge in [0.25, 0.3) is 5.91 Å². The minimum atomic E-state index is -0.0174. The first kappa shape index (κ1) is 19.1. The normalized spacial score (nSPS) is 16.4. The van der Waals surface area contributed by atoms with Crippen molar-refractivity contribution in [3.8, 4) is 11.5 Å². The largest absolute Gasteiger partial charge is 0.486 e. The van der Waals surface area contributed by atoms with E-state index in [0.29, 0.717) is 25.5 Å². The molecular weight excluding hydrogens is 378 g/mol. The van der Waals surface area contributed by atoms with Gasteiger partial charge in [0.05, 0.1) is 12.7 Å². The van der Waals surface area contributed by atoms with E-state index < -0.39 is 0 Å². The molecule has 0 N–H and O–H groups in total. The molecule has 0 spiro atoms. The zero-order chi connectivity index (χ0) is 19.3. The molecule has 0 aliphatic carbocycles. The van der Waals surface area contributed by atoms with Crippen LogP contribution in [-0.2, 0) is 13.1 Å². The third-order valence-corrected chi connectivity index (χ3v) is 5.77. The van der Waals surface area contributed by atoms with Crippen LogP contribution < -0.4 is 9.47 Å². The van der Waals surface area contributed by atoms with Crippen molar-refractivity contribution in [2.24, 2.45) is 0 Å². The molecule has 1 amide bonds. The van der Waals surface area contributed by atoms with Gasteiger partial charge in [-0.25, -0.2) is 0 Å². The predicted octanol–water partition coefficient (Wildman–Crippen LogP) is 1.37. The van der Waals surface area contributed by atoms with Crippen LogP contribution in [0.25, 0.3) is 0 Å². The lowest BCUT2D eigenvalue weighted by Gasteiger charge is -2.25. The summed E-state index contributed by atoms with van der Waals surface area (Å²) in [4.78, 5) is 16.5. The van der Waals surface area contributed by atoms with Crippen LogP contribution in [0.15, 0.2) is 24.4 Å². The molecule has 1 saturated heterocycles. The molecule has 3 heterocycles. The molecule has 1 fully saturated rings. The fraction of sp³-hybridized carbons (Fsp3) is 0.526. The number of likely N-dealkylation sites (N-methyl/N-ethyl adjacent to an activating group) is 1. The number of hydrogen-bond acceptors (Lipinski definition) is 7. The third kappa shape index (κ3) is 4.59. The van der Waals surface area contributed by atoms with Crippen molar-refractivity contribution in [1.82, 2.24) is 24.8 Å². The molecule has 0 radical (unpaired) electrons. The summed E-state index contributed by atoms with van der Waals surface area (Å²) in [5, 5.41) is 8.19. The van der Waals surface area contributed by atoms with Crippen LogP contribution in [0.3, 0.4) is 0 Å². The summed E-state index contributed by atoms with van der Waals surface area (Å²) >= 11 is 1.88. The zero-order valence-electron chi connectivity index (χ0n) is 16.0. The number of carbonyl (C=O) groups is 1. The highest BCUT2D eigenvalue weighted by Crippen LogP contribution is 2.31. The van der Waals surface area contributed by atoms with Crippen LogP contribution in [0.5, 0.6) is 11.5 Å². The highest BCUT2D eigenvalue weighted by atomic mass is 32.2. The maximum atomic E-state index is 12.5. The second-order valence-corrected chi connectivity index (χ2v) is 8.21. The third-order valence-electron chi connectivity index (χ3n) is 4.83. The van der Waals surface area contributed by atoms with Gasteiger partial charge in [-0.1, -0.05) is 11.3 Å². The maximum Gasteiger partial charge on any atom is 0.276 e. The molecule has 2 aliphatic rings. The summed E-state index contributed by atoms with van der Waals surface area (Å²) in [5.74, 6) is 3.59. The molecule has 2 aromatic rings. The van der Waals surface area contributed by atoms with E-state index in [-0.39, 0.29) is 5.91 Å². The Bertz CT molecular complexity index is 822. The number of carbonyl (C=O) groups excluding carboxylic acids is 1. The van der Waals surface area contributed by atoms with Crippen LogP contribution in [-0.4, -0.2) is 82.1 Å². The van der Waals surface area contributed by atoms with Crippen molar-refractivity contribution in [2.75, 3.05) is 51.4 Å². The minimum Gasteiger partial charge on any atom is -0.486 e. The number of rotatable bonds is 6. The number of fused-ring (bicyclic) bond motifs is 1. The monoisotopic (exact) mass is 403 g/mol. The fourth-order valence-electron chi connectivity index (χ4n) is 3.28. The van der Waals surface area contributed by atoms with Crippen molar-refractivity contribution in [3.05, 3.63) is 35.7 Å². The Morgan fingerprint density at radius 3 is 2.82 bits per heavy atom. The number of amides is 1. The minimum absolute atomic E-state index is 0.0174. The summed E-state index contributed by atoms with van der Waals surface area (Å²) in [6.07, 6.45) is 1.75. The van der Waals surface area contributed by atoms with Crippen LogP contribution >= 0.6 is 11.8 Å². The number of ether oxygens (including phenoxy) is 2.